The lowest BCUT2D eigenvalue weighted by Gasteiger charge is -2.01. The first-order chi connectivity index (χ1) is 6.36. The summed E-state index contributed by atoms with van der Waals surface area (Å²) in [5.74, 6) is -0.239. The smallest absolute Gasteiger partial charge is 0.150 e. The fourth-order valence-corrected chi connectivity index (χ4v) is 1.64. The van der Waals surface area contributed by atoms with Gasteiger partial charge in [-0.1, -0.05) is 30.3 Å². The van der Waals surface area contributed by atoms with Gasteiger partial charge in [0.15, 0.2) is 0 Å². The van der Waals surface area contributed by atoms with E-state index in [1.807, 2.05) is 24.3 Å². The van der Waals surface area contributed by atoms with E-state index in [1.54, 1.807) is 6.08 Å². The maximum atomic E-state index is 10.7. The molecule has 1 aliphatic carbocycles. The van der Waals surface area contributed by atoms with Gasteiger partial charge in [0.2, 0.25) is 0 Å². The van der Waals surface area contributed by atoms with Crippen LogP contribution in [0.5, 0.6) is 0 Å². The Kier molecular flexibility index (Phi) is 1.81. The summed E-state index contributed by atoms with van der Waals surface area (Å²) in [5.41, 5.74) is 2.43. The molecule has 0 saturated heterocycles. The van der Waals surface area contributed by atoms with Gasteiger partial charge in [0.1, 0.15) is 12.6 Å². The molecule has 0 fully saturated rings. The second-order valence-corrected chi connectivity index (χ2v) is 2.99. The monoisotopic (exact) mass is 172 g/mol. The molecule has 2 rings (SSSR count). The molecule has 0 aliphatic heterocycles. The molecular weight excluding hydrogens is 164 g/mol. The van der Waals surface area contributed by atoms with Gasteiger partial charge >= 0.3 is 0 Å². The highest BCUT2D eigenvalue weighted by Gasteiger charge is 2.21. The number of hydrogen-bond acceptors (Lipinski definition) is 2. The summed E-state index contributed by atoms with van der Waals surface area (Å²) < 4.78 is 0. The lowest BCUT2D eigenvalue weighted by Crippen LogP contribution is -1.92. The van der Waals surface area contributed by atoms with Crippen LogP contribution in [-0.4, -0.2) is 12.6 Å². The maximum Gasteiger partial charge on any atom is 0.150 e. The predicted molar refractivity (Wildman–Crippen MR) is 49.3 cm³/mol. The summed E-state index contributed by atoms with van der Waals surface area (Å²) in [4.78, 5) is 21.3. The standard InChI is InChI=1S/C11H8O2/c12-6-8-5-9(7-13)11-4-2-1-3-10(8)11/h1-8H. The summed E-state index contributed by atoms with van der Waals surface area (Å²) in [7, 11) is 0. The van der Waals surface area contributed by atoms with Crippen molar-refractivity contribution in [2.75, 3.05) is 0 Å². The lowest BCUT2D eigenvalue weighted by atomic mass is 10.0. The number of benzene rings is 1. The van der Waals surface area contributed by atoms with Crippen molar-refractivity contribution in [1.82, 2.24) is 0 Å². The van der Waals surface area contributed by atoms with Gasteiger partial charge in [-0.05, 0) is 11.1 Å². The first-order valence-corrected chi connectivity index (χ1v) is 4.08. The second-order valence-electron chi connectivity index (χ2n) is 2.99. The zero-order valence-electron chi connectivity index (χ0n) is 6.94. The van der Waals surface area contributed by atoms with E-state index in [-0.39, 0.29) is 5.92 Å². The number of carbonyl (C=O) groups is 2. The topological polar surface area (TPSA) is 34.1 Å². The summed E-state index contributed by atoms with van der Waals surface area (Å²) in [6, 6.07) is 7.47. The molecule has 13 heavy (non-hydrogen) atoms. The highest BCUT2D eigenvalue weighted by Crippen LogP contribution is 2.33. The van der Waals surface area contributed by atoms with Crippen LogP contribution in [0.15, 0.2) is 30.3 Å². The molecule has 0 amide bonds. The molecule has 1 aliphatic rings. The quantitative estimate of drug-likeness (QED) is 0.634. The van der Waals surface area contributed by atoms with Crippen LogP contribution in [0.25, 0.3) is 5.57 Å². The molecule has 0 N–H and O–H groups in total. The summed E-state index contributed by atoms with van der Waals surface area (Å²) in [5, 5.41) is 0. The molecule has 1 unspecified atom stereocenters. The highest BCUT2D eigenvalue weighted by atomic mass is 16.1. The van der Waals surface area contributed by atoms with E-state index in [4.69, 9.17) is 0 Å². The van der Waals surface area contributed by atoms with E-state index in [0.29, 0.717) is 5.57 Å². The van der Waals surface area contributed by atoms with E-state index in [1.165, 1.54) is 0 Å². The number of hydrogen-bond donors (Lipinski definition) is 0. The average Bonchev–Trinajstić information content (AvgIpc) is 2.56. The van der Waals surface area contributed by atoms with Crippen molar-refractivity contribution < 1.29 is 9.59 Å². The fourth-order valence-electron chi connectivity index (χ4n) is 1.64. The van der Waals surface area contributed by atoms with Gasteiger partial charge < -0.3 is 4.79 Å². The van der Waals surface area contributed by atoms with E-state index in [0.717, 1.165) is 23.7 Å². The maximum absolute atomic E-state index is 10.7. The van der Waals surface area contributed by atoms with Gasteiger partial charge in [-0.3, -0.25) is 4.79 Å². The summed E-state index contributed by atoms with van der Waals surface area (Å²) in [6.45, 7) is 0. The minimum atomic E-state index is -0.239. The molecular formula is C11H8O2. The van der Waals surface area contributed by atoms with Crippen molar-refractivity contribution in [1.29, 1.82) is 0 Å². The molecule has 0 heterocycles. The number of aldehydes is 2. The van der Waals surface area contributed by atoms with Crippen LogP contribution in [0, 0.1) is 0 Å². The van der Waals surface area contributed by atoms with Crippen molar-refractivity contribution in [2.24, 2.45) is 0 Å². The van der Waals surface area contributed by atoms with E-state index < -0.39 is 0 Å². The van der Waals surface area contributed by atoms with Crippen molar-refractivity contribution >= 4 is 18.1 Å². The van der Waals surface area contributed by atoms with Gasteiger partial charge in [0, 0.05) is 5.57 Å². The Hall–Kier alpha value is -1.70. The van der Waals surface area contributed by atoms with Crippen LogP contribution in [0.3, 0.4) is 0 Å². The Morgan fingerprint density at radius 1 is 1.15 bits per heavy atom. The number of allylic oxidation sites excluding steroid dienone is 2. The minimum absolute atomic E-state index is 0.239. The fraction of sp³-hybridized carbons (Fsp3) is 0.0909. The Labute approximate surface area is 75.9 Å². The molecule has 0 bridgehead atoms. The predicted octanol–water partition coefficient (Wildman–Crippen LogP) is 1.56. The Morgan fingerprint density at radius 3 is 2.62 bits per heavy atom. The Morgan fingerprint density at radius 2 is 1.92 bits per heavy atom. The van der Waals surface area contributed by atoms with Crippen molar-refractivity contribution in [3.63, 3.8) is 0 Å². The van der Waals surface area contributed by atoms with Gasteiger partial charge in [-0.25, -0.2) is 0 Å². The van der Waals surface area contributed by atoms with Gasteiger partial charge in [-0.2, -0.15) is 0 Å². The molecule has 1 aromatic carbocycles. The lowest BCUT2D eigenvalue weighted by molar-refractivity contribution is -0.108. The molecule has 1 atom stereocenters. The normalized spacial score (nSPS) is 19.1. The average molecular weight is 172 g/mol. The Bertz CT molecular complexity index is 391. The van der Waals surface area contributed by atoms with Crippen LogP contribution in [0.4, 0.5) is 0 Å². The van der Waals surface area contributed by atoms with Crippen molar-refractivity contribution in [3.05, 3.63) is 41.5 Å². The van der Waals surface area contributed by atoms with E-state index in [2.05, 4.69) is 0 Å². The summed E-state index contributed by atoms with van der Waals surface area (Å²) in [6.07, 6.45) is 3.35. The van der Waals surface area contributed by atoms with Crippen LogP contribution in [0.1, 0.15) is 17.0 Å². The molecule has 64 valence electrons. The molecule has 1 aromatic rings. The zero-order chi connectivity index (χ0) is 9.26. The first kappa shape index (κ1) is 7.92. The van der Waals surface area contributed by atoms with Crippen molar-refractivity contribution in [2.45, 2.75) is 5.92 Å². The number of carbonyl (C=O) groups excluding carboxylic acids is 2. The van der Waals surface area contributed by atoms with E-state index >= 15 is 0 Å². The van der Waals surface area contributed by atoms with Crippen LogP contribution in [-0.2, 0) is 9.59 Å². The molecule has 0 spiro atoms. The third-order valence-corrected chi connectivity index (χ3v) is 2.26. The third-order valence-electron chi connectivity index (χ3n) is 2.26. The number of fused-ring (bicyclic) bond motifs is 1. The highest BCUT2D eigenvalue weighted by molar-refractivity contribution is 6.10. The number of rotatable bonds is 2. The largest absolute Gasteiger partial charge is 0.302 e. The second kappa shape index (κ2) is 2.98. The molecule has 0 radical (unpaired) electrons. The molecule has 2 heteroatoms. The first-order valence-electron chi connectivity index (χ1n) is 4.08. The SMILES string of the molecule is O=CC1=CC(C=O)c2ccccc21. The van der Waals surface area contributed by atoms with Gasteiger partial charge in [0.25, 0.3) is 0 Å². The van der Waals surface area contributed by atoms with Crippen LogP contribution >= 0.6 is 0 Å². The van der Waals surface area contributed by atoms with Crippen LogP contribution < -0.4 is 0 Å². The zero-order valence-corrected chi connectivity index (χ0v) is 6.94. The van der Waals surface area contributed by atoms with Crippen LogP contribution in [0.2, 0.25) is 0 Å². The minimum Gasteiger partial charge on any atom is -0.302 e. The molecule has 0 saturated carbocycles. The van der Waals surface area contributed by atoms with Gasteiger partial charge in [-0.15, -0.1) is 0 Å². The van der Waals surface area contributed by atoms with Crippen molar-refractivity contribution in [3.8, 4) is 0 Å². The van der Waals surface area contributed by atoms with E-state index in [9.17, 15) is 9.59 Å². The molecule has 0 aromatic heterocycles. The molecule has 2 nitrogen and oxygen atoms in total. The summed E-state index contributed by atoms with van der Waals surface area (Å²) >= 11 is 0. The third kappa shape index (κ3) is 1.11. The van der Waals surface area contributed by atoms with Gasteiger partial charge in [0.05, 0.1) is 5.92 Å². The Balaban J connectivity index is 2.59.